The lowest BCUT2D eigenvalue weighted by Crippen LogP contribution is -2.37. The first-order chi connectivity index (χ1) is 5.74. The van der Waals surface area contributed by atoms with E-state index in [1.54, 1.807) is 0 Å². The lowest BCUT2D eigenvalue weighted by molar-refractivity contribution is -0.124. The fourth-order valence-corrected chi connectivity index (χ4v) is 1.58. The van der Waals surface area contributed by atoms with Gasteiger partial charge in [0.1, 0.15) is 5.78 Å². The van der Waals surface area contributed by atoms with E-state index >= 15 is 0 Å². The second-order valence-electron chi connectivity index (χ2n) is 3.64. The summed E-state index contributed by atoms with van der Waals surface area (Å²) in [6.07, 6.45) is 1.48. The Morgan fingerprint density at radius 3 is 3.08 bits per heavy atom. The smallest absolute Gasteiger partial charge is 0.138 e. The molecule has 1 fully saturated rings. The normalized spacial score (nSPS) is 27.2. The van der Waals surface area contributed by atoms with Gasteiger partial charge in [-0.1, -0.05) is 6.92 Å². The zero-order valence-corrected chi connectivity index (χ0v) is 7.55. The maximum atomic E-state index is 11.3. The van der Waals surface area contributed by atoms with Gasteiger partial charge in [-0.25, -0.2) is 0 Å². The third kappa shape index (κ3) is 2.57. The molecule has 70 valence electrons. The number of aliphatic hydroxyl groups excluding tert-OH is 1. The highest BCUT2D eigenvalue weighted by atomic mass is 16.3. The Morgan fingerprint density at radius 2 is 2.50 bits per heavy atom. The van der Waals surface area contributed by atoms with Crippen LogP contribution in [-0.2, 0) is 4.79 Å². The minimum Gasteiger partial charge on any atom is -0.396 e. The van der Waals surface area contributed by atoms with Crippen molar-refractivity contribution in [3.63, 3.8) is 0 Å². The summed E-state index contributed by atoms with van der Waals surface area (Å²) in [4.78, 5) is 11.3. The number of carbonyl (C=O) groups excluding carboxylic acids is 1. The van der Waals surface area contributed by atoms with E-state index in [-0.39, 0.29) is 18.4 Å². The van der Waals surface area contributed by atoms with Gasteiger partial charge in [0.25, 0.3) is 0 Å². The lowest BCUT2D eigenvalue weighted by Gasteiger charge is -2.23. The van der Waals surface area contributed by atoms with Gasteiger partial charge in [0, 0.05) is 32.0 Å². The molecular formula is C9H17NO2. The quantitative estimate of drug-likeness (QED) is 0.637. The number of aliphatic hydroxyl groups is 1. The number of piperidine rings is 1. The first-order valence-corrected chi connectivity index (χ1v) is 4.58. The van der Waals surface area contributed by atoms with E-state index < -0.39 is 0 Å². The molecule has 1 saturated heterocycles. The summed E-state index contributed by atoms with van der Waals surface area (Å²) in [5, 5.41) is 12.0. The van der Waals surface area contributed by atoms with Gasteiger partial charge < -0.3 is 10.4 Å². The number of carbonyl (C=O) groups is 1. The van der Waals surface area contributed by atoms with E-state index in [1.807, 2.05) is 6.92 Å². The summed E-state index contributed by atoms with van der Waals surface area (Å²) < 4.78 is 0. The molecule has 0 saturated carbocycles. The van der Waals surface area contributed by atoms with Crippen molar-refractivity contribution in [2.75, 3.05) is 19.7 Å². The largest absolute Gasteiger partial charge is 0.396 e. The minimum absolute atomic E-state index is 0.140. The Balaban J connectivity index is 2.34. The van der Waals surface area contributed by atoms with Gasteiger partial charge in [-0.3, -0.25) is 4.79 Å². The maximum Gasteiger partial charge on any atom is 0.138 e. The molecule has 3 nitrogen and oxygen atoms in total. The second-order valence-corrected chi connectivity index (χ2v) is 3.64. The van der Waals surface area contributed by atoms with Crippen LogP contribution in [0.5, 0.6) is 0 Å². The molecule has 0 aromatic heterocycles. The van der Waals surface area contributed by atoms with Gasteiger partial charge in [0.05, 0.1) is 0 Å². The van der Waals surface area contributed by atoms with Gasteiger partial charge in [0.15, 0.2) is 0 Å². The van der Waals surface area contributed by atoms with Crippen molar-refractivity contribution in [3.05, 3.63) is 0 Å². The molecular weight excluding hydrogens is 154 g/mol. The summed E-state index contributed by atoms with van der Waals surface area (Å²) in [5.74, 6) is 0.744. The van der Waals surface area contributed by atoms with Crippen molar-refractivity contribution >= 4 is 5.78 Å². The summed E-state index contributed by atoms with van der Waals surface area (Å²) >= 11 is 0. The van der Waals surface area contributed by atoms with Crippen LogP contribution in [0.3, 0.4) is 0 Å². The second kappa shape index (κ2) is 4.58. The van der Waals surface area contributed by atoms with Crippen molar-refractivity contribution in [2.45, 2.75) is 19.8 Å². The monoisotopic (exact) mass is 171 g/mol. The molecule has 12 heavy (non-hydrogen) atoms. The maximum absolute atomic E-state index is 11.3. The van der Waals surface area contributed by atoms with E-state index in [1.165, 1.54) is 0 Å². The van der Waals surface area contributed by atoms with Crippen LogP contribution in [0, 0.1) is 11.8 Å². The third-order valence-electron chi connectivity index (χ3n) is 2.39. The Morgan fingerprint density at radius 1 is 1.75 bits per heavy atom. The zero-order chi connectivity index (χ0) is 8.97. The number of hydrogen-bond acceptors (Lipinski definition) is 3. The first kappa shape index (κ1) is 9.68. The summed E-state index contributed by atoms with van der Waals surface area (Å²) in [7, 11) is 0. The SMILES string of the molecule is CC(CO)CC1CNCCC1=O. The van der Waals surface area contributed by atoms with E-state index in [2.05, 4.69) is 5.32 Å². The number of rotatable bonds is 3. The van der Waals surface area contributed by atoms with Crippen molar-refractivity contribution in [2.24, 2.45) is 11.8 Å². The molecule has 0 aliphatic carbocycles. The molecule has 1 aliphatic rings. The average molecular weight is 171 g/mol. The first-order valence-electron chi connectivity index (χ1n) is 4.58. The molecule has 1 aliphatic heterocycles. The number of Topliss-reactive ketones (excluding diaryl/α,β-unsaturated/α-hetero) is 1. The summed E-state index contributed by atoms with van der Waals surface area (Å²) in [6, 6.07) is 0. The van der Waals surface area contributed by atoms with Crippen LogP contribution in [0.2, 0.25) is 0 Å². The molecule has 1 heterocycles. The van der Waals surface area contributed by atoms with Crippen LogP contribution < -0.4 is 5.32 Å². The molecule has 2 N–H and O–H groups in total. The topological polar surface area (TPSA) is 49.3 Å². The highest BCUT2D eigenvalue weighted by Crippen LogP contribution is 2.15. The molecule has 0 radical (unpaired) electrons. The summed E-state index contributed by atoms with van der Waals surface area (Å²) in [5.41, 5.74) is 0. The van der Waals surface area contributed by atoms with Gasteiger partial charge in [-0.05, 0) is 12.3 Å². The average Bonchev–Trinajstić information content (AvgIpc) is 2.09. The predicted molar refractivity (Wildman–Crippen MR) is 46.9 cm³/mol. The Hall–Kier alpha value is -0.410. The molecule has 0 aromatic rings. The molecule has 3 heteroatoms. The molecule has 0 bridgehead atoms. The lowest BCUT2D eigenvalue weighted by atomic mass is 9.89. The highest BCUT2D eigenvalue weighted by molar-refractivity contribution is 5.82. The molecule has 0 amide bonds. The predicted octanol–water partition coefficient (Wildman–Crippen LogP) is 0.183. The number of nitrogens with one attached hydrogen (secondary N) is 1. The van der Waals surface area contributed by atoms with Crippen molar-refractivity contribution in [1.82, 2.24) is 5.32 Å². The van der Waals surface area contributed by atoms with E-state index in [9.17, 15) is 4.79 Å². The van der Waals surface area contributed by atoms with Crippen LogP contribution in [0.4, 0.5) is 0 Å². The fraction of sp³-hybridized carbons (Fsp3) is 0.889. The van der Waals surface area contributed by atoms with Gasteiger partial charge in [-0.15, -0.1) is 0 Å². The molecule has 2 atom stereocenters. The zero-order valence-electron chi connectivity index (χ0n) is 7.55. The Bertz CT molecular complexity index is 159. The Kier molecular flexibility index (Phi) is 3.69. The van der Waals surface area contributed by atoms with Crippen LogP contribution in [-0.4, -0.2) is 30.6 Å². The van der Waals surface area contributed by atoms with Crippen LogP contribution in [0.15, 0.2) is 0 Å². The van der Waals surface area contributed by atoms with Crippen molar-refractivity contribution in [3.8, 4) is 0 Å². The molecule has 0 aromatic carbocycles. The van der Waals surface area contributed by atoms with Crippen LogP contribution in [0.25, 0.3) is 0 Å². The minimum atomic E-state index is 0.140. The third-order valence-corrected chi connectivity index (χ3v) is 2.39. The van der Waals surface area contributed by atoms with Crippen molar-refractivity contribution < 1.29 is 9.90 Å². The molecule has 2 unspecified atom stereocenters. The van der Waals surface area contributed by atoms with Gasteiger partial charge >= 0.3 is 0 Å². The van der Waals surface area contributed by atoms with Crippen molar-refractivity contribution in [1.29, 1.82) is 0 Å². The van der Waals surface area contributed by atoms with Gasteiger partial charge in [-0.2, -0.15) is 0 Å². The molecule has 0 spiro atoms. The van der Waals surface area contributed by atoms with Crippen LogP contribution >= 0.6 is 0 Å². The Labute approximate surface area is 73.2 Å². The number of ketones is 1. The highest BCUT2D eigenvalue weighted by Gasteiger charge is 2.23. The van der Waals surface area contributed by atoms with E-state index in [0.717, 1.165) is 19.5 Å². The van der Waals surface area contributed by atoms with E-state index in [4.69, 9.17) is 5.11 Å². The van der Waals surface area contributed by atoms with Crippen LogP contribution in [0.1, 0.15) is 19.8 Å². The molecule has 1 rings (SSSR count). The van der Waals surface area contributed by atoms with Gasteiger partial charge in [0.2, 0.25) is 0 Å². The fourth-order valence-electron chi connectivity index (χ4n) is 1.58. The van der Waals surface area contributed by atoms with E-state index in [0.29, 0.717) is 12.2 Å². The number of hydrogen-bond donors (Lipinski definition) is 2. The summed E-state index contributed by atoms with van der Waals surface area (Å²) in [6.45, 7) is 3.78. The standard InChI is InChI=1S/C9H17NO2/c1-7(6-11)4-8-5-10-3-2-9(8)12/h7-8,10-11H,2-6H2,1H3.